The molecular formula is C17H23FN6O5. The van der Waals surface area contributed by atoms with E-state index in [-0.39, 0.29) is 24.3 Å². The molecule has 1 aromatic rings. The van der Waals surface area contributed by atoms with Gasteiger partial charge in [-0.1, -0.05) is 5.11 Å². The number of amides is 3. The van der Waals surface area contributed by atoms with Crippen molar-refractivity contribution >= 4 is 23.6 Å². The van der Waals surface area contributed by atoms with Crippen LogP contribution in [-0.2, 0) is 14.4 Å². The van der Waals surface area contributed by atoms with E-state index in [4.69, 9.17) is 15.1 Å². The van der Waals surface area contributed by atoms with Gasteiger partial charge in [0, 0.05) is 23.6 Å². The van der Waals surface area contributed by atoms with Crippen LogP contribution in [0.1, 0.15) is 37.6 Å². The van der Waals surface area contributed by atoms with E-state index in [2.05, 4.69) is 20.7 Å². The smallest absolute Gasteiger partial charge is 0.431 e. The predicted octanol–water partition coefficient (Wildman–Crippen LogP) is 2.46. The summed E-state index contributed by atoms with van der Waals surface area (Å²) in [5.41, 5.74) is 9.54. The first-order valence-corrected chi connectivity index (χ1v) is 8.62. The zero-order chi connectivity index (χ0) is 21.9. The molecule has 0 fully saturated rings. The standard InChI is InChI=1S/C17H23FN6O5/c1-17(2,3)29-16(27)23-28-10-14(25)20-7-4-8-21-15(26)11-5-6-12(18)13(9-11)22-24-19/h5-6,9H,4,7-8,10H2,1-3H3,(H,20,25)(H,21,26)(H,23,27). The number of azide groups is 1. The molecule has 3 N–H and O–H groups in total. The number of nitrogens with zero attached hydrogens (tertiary/aromatic N) is 3. The van der Waals surface area contributed by atoms with Gasteiger partial charge in [-0.2, -0.15) is 5.48 Å². The Hall–Kier alpha value is -3.37. The van der Waals surface area contributed by atoms with Crippen molar-refractivity contribution in [3.8, 4) is 0 Å². The monoisotopic (exact) mass is 410 g/mol. The van der Waals surface area contributed by atoms with Crippen molar-refractivity contribution in [2.24, 2.45) is 5.11 Å². The Bertz CT molecular complexity index is 789. The average molecular weight is 410 g/mol. The van der Waals surface area contributed by atoms with Crippen LogP contribution in [-0.4, -0.2) is 43.2 Å². The normalized spacial score (nSPS) is 10.5. The highest BCUT2D eigenvalue weighted by Gasteiger charge is 2.16. The molecule has 0 radical (unpaired) electrons. The number of hydroxylamine groups is 1. The lowest BCUT2D eigenvalue weighted by Gasteiger charge is -2.19. The molecule has 0 aliphatic carbocycles. The lowest BCUT2D eigenvalue weighted by molar-refractivity contribution is -0.128. The van der Waals surface area contributed by atoms with Crippen molar-refractivity contribution in [1.29, 1.82) is 0 Å². The Morgan fingerprint density at radius 2 is 1.90 bits per heavy atom. The van der Waals surface area contributed by atoms with Gasteiger partial charge in [0.25, 0.3) is 5.91 Å². The third-order valence-electron chi connectivity index (χ3n) is 3.08. The van der Waals surface area contributed by atoms with Gasteiger partial charge in [-0.15, -0.1) is 0 Å². The summed E-state index contributed by atoms with van der Waals surface area (Å²) in [6.07, 6.45) is -0.390. The van der Waals surface area contributed by atoms with Gasteiger partial charge >= 0.3 is 6.09 Å². The lowest BCUT2D eigenvalue weighted by Crippen LogP contribution is -2.37. The SMILES string of the molecule is CC(C)(C)OC(=O)NOCC(=O)NCCCNC(=O)c1ccc(F)c(N=[N+]=[N-])c1. The largest absolute Gasteiger partial charge is 0.442 e. The van der Waals surface area contributed by atoms with Gasteiger partial charge in [0.05, 0.1) is 5.69 Å². The van der Waals surface area contributed by atoms with Crippen molar-refractivity contribution in [3.63, 3.8) is 0 Å². The maximum atomic E-state index is 13.4. The van der Waals surface area contributed by atoms with Gasteiger partial charge < -0.3 is 15.4 Å². The van der Waals surface area contributed by atoms with E-state index < -0.39 is 35.9 Å². The first kappa shape index (κ1) is 23.7. The van der Waals surface area contributed by atoms with E-state index in [0.29, 0.717) is 6.42 Å². The van der Waals surface area contributed by atoms with E-state index in [1.54, 1.807) is 20.8 Å². The van der Waals surface area contributed by atoms with Crippen LogP contribution in [0.2, 0.25) is 0 Å². The first-order chi connectivity index (χ1) is 13.6. The summed E-state index contributed by atoms with van der Waals surface area (Å²) in [5.74, 6) is -1.68. The summed E-state index contributed by atoms with van der Waals surface area (Å²) in [6.45, 7) is 5.16. The molecule has 0 heterocycles. The van der Waals surface area contributed by atoms with Gasteiger partial charge in [-0.05, 0) is 50.9 Å². The third kappa shape index (κ3) is 9.94. The maximum Gasteiger partial charge on any atom is 0.431 e. The number of ether oxygens (including phenoxy) is 1. The fourth-order valence-electron chi connectivity index (χ4n) is 1.91. The summed E-state index contributed by atoms with van der Waals surface area (Å²) in [7, 11) is 0. The topological polar surface area (TPSA) is 155 Å². The molecule has 12 heteroatoms. The minimum absolute atomic E-state index is 0.138. The fraction of sp³-hybridized carbons (Fsp3) is 0.471. The van der Waals surface area contributed by atoms with Crippen LogP contribution in [0.25, 0.3) is 10.4 Å². The van der Waals surface area contributed by atoms with Crippen LogP contribution < -0.4 is 16.1 Å². The summed E-state index contributed by atoms with van der Waals surface area (Å²) in [4.78, 5) is 42.1. The number of rotatable bonds is 9. The molecule has 0 aromatic heterocycles. The van der Waals surface area contributed by atoms with E-state index in [9.17, 15) is 18.8 Å². The number of halogens is 1. The Kier molecular flexibility index (Phi) is 9.36. The van der Waals surface area contributed by atoms with Gasteiger partial charge in [-0.25, -0.2) is 9.18 Å². The molecule has 29 heavy (non-hydrogen) atoms. The summed E-state index contributed by atoms with van der Waals surface area (Å²) in [6, 6.07) is 3.43. The minimum atomic E-state index is -0.808. The van der Waals surface area contributed by atoms with Crippen molar-refractivity contribution in [3.05, 3.63) is 40.0 Å². The van der Waals surface area contributed by atoms with E-state index in [0.717, 1.165) is 12.1 Å². The summed E-state index contributed by atoms with van der Waals surface area (Å²) < 4.78 is 18.3. The molecule has 0 unspecified atom stereocenters. The molecule has 11 nitrogen and oxygen atoms in total. The maximum absolute atomic E-state index is 13.4. The van der Waals surface area contributed by atoms with Crippen LogP contribution in [0.3, 0.4) is 0 Å². The fourth-order valence-corrected chi connectivity index (χ4v) is 1.91. The quantitative estimate of drug-likeness (QED) is 0.187. The molecule has 0 saturated heterocycles. The predicted molar refractivity (Wildman–Crippen MR) is 100 cm³/mol. The number of hydrogen-bond acceptors (Lipinski definition) is 6. The number of benzene rings is 1. The van der Waals surface area contributed by atoms with Crippen LogP contribution in [0.5, 0.6) is 0 Å². The van der Waals surface area contributed by atoms with Gasteiger partial charge in [0.2, 0.25) is 5.91 Å². The van der Waals surface area contributed by atoms with E-state index >= 15 is 0 Å². The molecular weight excluding hydrogens is 387 g/mol. The summed E-state index contributed by atoms with van der Waals surface area (Å²) in [5, 5.41) is 8.29. The highest BCUT2D eigenvalue weighted by molar-refractivity contribution is 5.94. The number of hydrogen-bond donors (Lipinski definition) is 3. The molecule has 0 atom stereocenters. The Balaban J connectivity index is 2.22. The second-order valence-electron chi connectivity index (χ2n) is 6.71. The Morgan fingerprint density at radius 3 is 2.55 bits per heavy atom. The lowest BCUT2D eigenvalue weighted by atomic mass is 10.2. The van der Waals surface area contributed by atoms with Crippen LogP contribution in [0.4, 0.5) is 14.9 Å². The Labute approximate surface area is 166 Å². The number of carbonyl (C=O) groups excluding carboxylic acids is 3. The molecule has 0 spiro atoms. The molecule has 0 saturated carbocycles. The Morgan fingerprint density at radius 1 is 1.21 bits per heavy atom. The number of nitrogens with one attached hydrogen (secondary N) is 3. The average Bonchev–Trinajstić information content (AvgIpc) is 2.61. The zero-order valence-corrected chi connectivity index (χ0v) is 16.3. The van der Waals surface area contributed by atoms with Gasteiger partial charge in [0.1, 0.15) is 11.4 Å². The highest BCUT2D eigenvalue weighted by Crippen LogP contribution is 2.19. The minimum Gasteiger partial charge on any atom is -0.442 e. The van der Waals surface area contributed by atoms with E-state index in [1.807, 2.05) is 5.48 Å². The van der Waals surface area contributed by atoms with Crippen molar-refractivity contribution < 1.29 is 28.3 Å². The third-order valence-corrected chi connectivity index (χ3v) is 3.08. The summed E-state index contributed by atoms with van der Waals surface area (Å²) >= 11 is 0. The second-order valence-corrected chi connectivity index (χ2v) is 6.71. The molecule has 1 rings (SSSR count). The molecule has 0 bridgehead atoms. The molecule has 0 aliphatic rings. The second kappa shape index (κ2) is 11.5. The molecule has 1 aromatic carbocycles. The van der Waals surface area contributed by atoms with Crippen LogP contribution in [0.15, 0.2) is 23.3 Å². The van der Waals surface area contributed by atoms with Crippen molar-refractivity contribution in [2.45, 2.75) is 32.8 Å². The van der Waals surface area contributed by atoms with E-state index in [1.165, 1.54) is 6.07 Å². The van der Waals surface area contributed by atoms with Gasteiger partial charge in [-0.3, -0.25) is 14.4 Å². The highest BCUT2D eigenvalue weighted by atomic mass is 19.1. The van der Waals surface area contributed by atoms with Crippen LogP contribution in [0, 0.1) is 5.82 Å². The number of carbonyl (C=O) groups is 3. The van der Waals surface area contributed by atoms with Crippen LogP contribution >= 0.6 is 0 Å². The molecule has 0 aliphatic heterocycles. The van der Waals surface area contributed by atoms with Crippen molar-refractivity contribution in [1.82, 2.24) is 16.1 Å². The first-order valence-electron chi connectivity index (χ1n) is 8.62. The zero-order valence-electron chi connectivity index (χ0n) is 16.3. The molecule has 3 amide bonds. The van der Waals surface area contributed by atoms with Gasteiger partial charge in [0.15, 0.2) is 6.61 Å². The molecule has 158 valence electrons. The van der Waals surface area contributed by atoms with Crippen molar-refractivity contribution in [2.75, 3.05) is 19.7 Å².